The van der Waals surface area contributed by atoms with E-state index in [2.05, 4.69) is 40.3 Å². The smallest absolute Gasteiger partial charge is 0.435 e. The molecule has 0 bridgehead atoms. The second-order valence-corrected chi connectivity index (χ2v) is 14.8. The number of para-hydroxylation sites is 1. The number of benzene rings is 1. The summed E-state index contributed by atoms with van der Waals surface area (Å²) in [6, 6.07) is 4.88. The van der Waals surface area contributed by atoms with Gasteiger partial charge in [0.1, 0.15) is 12.1 Å². The summed E-state index contributed by atoms with van der Waals surface area (Å²) in [5.41, 5.74) is -0.0699. The first-order chi connectivity index (χ1) is 22.7. The van der Waals surface area contributed by atoms with Gasteiger partial charge in [-0.25, -0.2) is 28.2 Å². The van der Waals surface area contributed by atoms with Crippen LogP contribution in [0.5, 0.6) is 0 Å². The summed E-state index contributed by atoms with van der Waals surface area (Å²) in [6.07, 6.45) is -2.66. The number of thiazole rings is 1. The first kappa shape index (κ1) is 35.4. The van der Waals surface area contributed by atoms with E-state index in [1.165, 1.54) is 28.6 Å². The Morgan fingerprint density at radius 2 is 1.88 bits per heavy atom. The number of hydrogen-bond acceptors (Lipinski definition) is 12. The van der Waals surface area contributed by atoms with Crippen molar-refractivity contribution >= 4 is 49.3 Å². The number of nitrogens with zero attached hydrogens (tertiary/aromatic N) is 8. The monoisotopic (exact) mass is 710 g/mol. The lowest BCUT2D eigenvalue weighted by atomic mass is 10.0. The van der Waals surface area contributed by atoms with Gasteiger partial charge in [0.25, 0.3) is 10.0 Å². The second-order valence-electron chi connectivity index (χ2n) is 11.6. The predicted octanol–water partition coefficient (Wildman–Crippen LogP) is 3.82. The van der Waals surface area contributed by atoms with Crippen LogP contribution in [-0.4, -0.2) is 120 Å². The molecule has 19 heteroatoms. The van der Waals surface area contributed by atoms with Crippen LogP contribution in [0.25, 0.3) is 22.0 Å². The predicted molar refractivity (Wildman–Crippen MR) is 175 cm³/mol. The maximum absolute atomic E-state index is 14.1. The Bertz CT molecular complexity index is 1870. The molecule has 14 nitrogen and oxygen atoms in total. The number of aromatic nitrogens is 5. The molecule has 0 saturated carbocycles. The Morgan fingerprint density at radius 1 is 1.15 bits per heavy atom. The van der Waals surface area contributed by atoms with Crippen LogP contribution >= 0.6 is 11.3 Å². The van der Waals surface area contributed by atoms with Gasteiger partial charge in [-0.05, 0) is 34.0 Å². The molecule has 4 heterocycles. The molecule has 4 aromatic rings. The SMILES string of the molecule is COC(=O)Nc1nc(C)c(S(=O)(=O)N2CCN(CC(C)Nc3ncnc4c(-c5cn(CCN(C)C)nc5C(F)(F)F)cccc34)CC2)s1. The Morgan fingerprint density at radius 3 is 2.54 bits per heavy atom. The largest absolute Gasteiger partial charge is 0.453 e. The molecule has 1 atom stereocenters. The van der Waals surface area contributed by atoms with E-state index in [1.807, 2.05) is 25.9 Å². The molecule has 260 valence electrons. The molecule has 1 aromatic carbocycles. The quantitative estimate of drug-likeness (QED) is 0.234. The fraction of sp³-hybridized carbons (Fsp3) is 0.483. The lowest BCUT2D eigenvalue weighted by Gasteiger charge is -2.35. The van der Waals surface area contributed by atoms with E-state index >= 15 is 0 Å². The summed E-state index contributed by atoms with van der Waals surface area (Å²) < 4.78 is 76.3. The van der Waals surface area contributed by atoms with Crippen molar-refractivity contribution in [3.8, 4) is 11.1 Å². The van der Waals surface area contributed by atoms with E-state index in [-0.39, 0.29) is 34.0 Å². The average molecular weight is 711 g/mol. The van der Waals surface area contributed by atoms with Crippen LogP contribution in [0, 0.1) is 6.92 Å². The third kappa shape index (κ3) is 7.86. The highest BCUT2D eigenvalue weighted by atomic mass is 32.2. The number of piperazine rings is 1. The van der Waals surface area contributed by atoms with Gasteiger partial charge in [0, 0.05) is 68.0 Å². The molecule has 5 rings (SSSR count). The molecule has 2 N–H and O–H groups in total. The summed E-state index contributed by atoms with van der Waals surface area (Å²) in [4.78, 5) is 28.4. The van der Waals surface area contributed by atoms with Gasteiger partial charge in [-0.3, -0.25) is 14.9 Å². The summed E-state index contributed by atoms with van der Waals surface area (Å²) in [5.74, 6) is 0.473. The van der Waals surface area contributed by atoms with Crippen molar-refractivity contribution in [1.29, 1.82) is 0 Å². The van der Waals surface area contributed by atoms with E-state index in [4.69, 9.17) is 0 Å². The number of ether oxygens (including phenoxy) is 1. The zero-order valence-corrected chi connectivity index (χ0v) is 28.7. The number of halogens is 3. The molecule has 1 fully saturated rings. The number of methoxy groups -OCH3 is 1. The summed E-state index contributed by atoms with van der Waals surface area (Å²) in [7, 11) is 1.06. The number of amides is 1. The molecule has 1 unspecified atom stereocenters. The van der Waals surface area contributed by atoms with Crippen LogP contribution in [0.3, 0.4) is 0 Å². The zero-order chi connectivity index (χ0) is 34.8. The number of carbonyl (C=O) groups is 1. The standard InChI is InChI=1S/C29H37F3N10O4S2/c1-18(15-40-10-13-42(14-11-40)48(44,45)26-19(2)36-27(47-26)37-28(43)46-5)35-25-21-8-6-7-20(23(21)33-17-34-25)22-16-41(12-9-39(3)4)38-24(22)29(30,31)32/h6-8,16-18H,9-15H2,1-5H3,(H,33,34,35)(H,36,37,43). The maximum atomic E-state index is 14.1. The zero-order valence-electron chi connectivity index (χ0n) is 27.1. The van der Waals surface area contributed by atoms with E-state index in [0.29, 0.717) is 60.7 Å². The molecule has 0 radical (unpaired) electrons. The second kappa shape index (κ2) is 14.3. The number of likely N-dealkylation sites (N-methyl/N-ethyl adjacent to an activating group) is 1. The minimum absolute atomic E-state index is 0.0538. The van der Waals surface area contributed by atoms with E-state index < -0.39 is 28.0 Å². The number of rotatable bonds is 11. The van der Waals surface area contributed by atoms with Gasteiger partial charge in [-0.2, -0.15) is 22.6 Å². The fourth-order valence-corrected chi connectivity index (χ4v) is 8.37. The molecule has 0 spiro atoms. The molecule has 3 aromatic heterocycles. The van der Waals surface area contributed by atoms with Crippen molar-refractivity contribution in [3.05, 3.63) is 42.1 Å². The molecule has 0 aliphatic carbocycles. The van der Waals surface area contributed by atoms with Crippen LogP contribution in [0.4, 0.5) is 28.9 Å². The van der Waals surface area contributed by atoms with Crippen LogP contribution < -0.4 is 10.6 Å². The van der Waals surface area contributed by atoms with Crippen LogP contribution in [-0.2, 0) is 27.5 Å². The highest BCUT2D eigenvalue weighted by molar-refractivity contribution is 7.91. The average Bonchev–Trinajstić information content (AvgIpc) is 3.64. The topological polar surface area (TPSA) is 151 Å². The van der Waals surface area contributed by atoms with Gasteiger partial charge in [-0.1, -0.05) is 23.5 Å². The number of aryl methyl sites for hydroxylation is 1. The number of carbonyl (C=O) groups excluding carboxylic acids is 1. The normalized spacial score (nSPS) is 15.6. The third-order valence-corrected chi connectivity index (χ3v) is 11.3. The Balaban J connectivity index is 1.27. The van der Waals surface area contributed by atoms with Gasteiger partial charge in [-0.15, -0.1) is 0 Å². The molecule has 1 aliphatic heterocycles. The van der Waals surface area contributed by atoms with Crippen molar-refractivity contribution in [2.24, 2.45) is 0 Å². The minimum atomic E-state index is -4.66. The highest BCUT2D eigenvalue weighted by Crippen LogP contribution is 2.39. The van der Waals surface area contributed by atoms with E-state index in [9.17, 15) is 26.4 Å². The van der Waals surface area contributed by atoms with Crippen molar-refractivity contribution in [2.75, 3.05) is 71.1 Å². The molecule has 1 amide bonds. The van der Waals surface area contributed by atoms with Crippen LogP contribution in [0.15, 0.2) is 34.9 Å². The van der Waals surface area contributed by atoms with Gasteiger partial charge in [0.2, 0.25) is 0 Å². The number of nitrogens with one attached hydrogen (secondary N) is 2. The van der Waals surface area contributed by atoms with Crippen LogP contribution in [0.1, 0.15) is 18.3 Å². The van der Waals surface area contributed by atoms with Gasteiger partial charge < -0.3 is 15.0 Å². The first-order valence-electron chi connectivity index (χ1n) is 15.0. The Kier molecular flexibility index (Phi) is 10.5. The van der Waals surface area contributed by atoms with Crippen molar-refractivity contribution in [1.82, 2.24) is 38.8 Å². The van der Waals surface area contributed by atoms with Crippen molar-refractivity contribution in [2.45, 2.75) is 36.8 Å². The van der Waals surface area contributed by atoms with E-state index in [0.717, 1.165) is 11.3 Å². The number of fused-ring (bicyclic) bond motifs is 1. The highest BCUT2D eigenvalue weighted by Gasteiger charge is 2.38. The third-order valence-electron chi connectivity index (χ3n) is 7.73. The van der Waals surface area contributed by atoms with Gasteiger partial charge in [0.15, 0.2) is 15.0 Å². The van der Waals surface area contributed by atoms with Gasteiger partial charge in [0.05, 0.1) is 24.9 Å². The summed E-state index contributed by atoms with van der Waals surface area (Å²) >= 11 is 0.873. The molecular weight excluding hydrogens is 674 g/mol. The summed E-state index contributed by atoms with van der Waals surface area (Å²) in [5, 5.41) is 10.3. The first-order valence-corrected chi connectivity index (χ1v) is 17.3. The van der Waals surface area contributed by atoms with Crippen molar-refractivity contribution in [3.63, 3.8) is 0 Å². The van der Waals surface area contributed by atoms with Gasteiger partial charge >= 0.3 is 12.3 Å². The molecule has 48 heavy (non-hydrogen) atoms. The fourth-order valence-electron chi connectivity index (χ4n) is 5.41. The van der Waals surface area contributed by atoms with E-state index in [1.54, 1.807) is 25.1 Å². The lowest BCUT2D eigenvalue weighted by Crippen LogP contribution is -2.50. The molecule has 1 aliphatic rings. The number of sulfonamides is 1. The summed E-state index contributed by atoms with van der Waals surface area (Å²) in [6.45, 7) is 6.37. The Hall–Kier alpha value is -3.91. The maximum Gasteiger partial charge on any atom is 0.435 e. The minimum Gasteiger partial charge on any atom is -0.453 e. The number of alkyl halides is 3. The van der Waals surface area contributed by atoms with Crippen molar-refractivity contribution < 1.29 is 31.1 Å². The Labute approximate surface area is 280 Å². The van der Waals surface area contributed by atoms with Crippen LogP contribution in [0.2, 0.25) is 0 Å². The molecular formula is C29H37F3N10O4S2. The molecule has 1 saturated heterocycles. The number of hydrogen-bond donors (Lipinski definition) is 2. The lowest BCUT2D eigenvalue weighted by molar-refractivity contribution is -0.141. The number of anilines is 2.